The number of likely N-dealkylation sites (N-methyl/N-ethyl adjacent to an activating group) is 1. The molecule has 3 heterocycles. The Hall–Kier alpha value is -4.17. The first-order chi connectivity index (χ1) is 19.4. The van der Waals surface area contributed by atoms with E-state index in [4.69, 9.17) is 0 Å². The maximum Gasteiger partial charge on any atom is 0.246 e. The first-order valence-electron chi connectivity index (χ1n) is 13.9. The van der Waals surface area contributed by atoms with Crippen molar-refractivity contribution in [1.82, 2.24) is 14.7 Å². The Balaban J connectivity index is 1.25. The van der Waals surface area contributed by atoms with Gasteiger partial charge in [0.15, 0.2) is 0 Å². The second kappa shape index (κ2) is 10.8. The Bertz CT molecular complexity index is 1400. The van der Waals surface area contributed by atoms with Gasteiger partial charge in [0.1, 0.15) is 18.1 Å². The molecule has 0 bridgehead atoms. The first-order valence-corrected chi connectivity index (χ1v) is 13.9. The molecule has 0 spiro atoms. The summed E-state index contributed by atoms with van der Waals surface area (Å²) in [6, 6.07) is 23.4. The van der Waals surface area contributed by atoms with Gasteiger partial charge in [-0.05, 0) is 28.3 Å². The van der Waals surface area contributed by atoms with E-state index < -0.39 is 24.2 Å². The summed E-state index contributed by atoms with van der Waals surface area (Å²) in [6.07, 6.45) is 0.296. The zero-order valence-electron chi connectivity index (χ0n) is 22.6. The Morgan fingerprint density at radius 2 is 1.50 bits per heavy atom. The Morgan fingerprint density at radius 3 is 2.25 bits per heavy atom. The number of β-amino-alcohol motifs (C(OH)–C–C–N with tert-alkyl or cyclic N) is 1. The smallest absolute Gasteiger partial charge is 0.246 e. The molecular weight excluding hydrogens is 504 g/mol. The minimum Gasteiger partial charge on any atom is -0.391 e. The minimum absolute atomic E-state index is 0.0979. The van der Waals surface area contributed by atoms with Gasteiger partial charge in [-0.15, -0.1) is 0 Å². The average Bonchev–Trinajstić information content (AvgIpc) is 3.59. The summed E-state index contributed by atoms with van der Waals surface area (Å²) in [7, 11) is 1.76. The standard InChI is InChI=1S/C32H34N4O4/c1-34(18-21-9-3-2-4-10-21)31(39)28-16-22-11-5-6-13-24(22)19-35(28)32(40)29-17-25(37)20-36(29)30(38)27-15-23-12-7-8-14-26(23)33-27/h2-14,25,27-29,33,37H,15-20H2,1H3/t25-,27+,28+,29+/m1/s1. The first kappa shape index (κ1) is 26.1. The lowest BCUT2D eigenvalue weighted by molar-refractivity contribution is -0.152. The van der Waals surface area contributed by atoms with E-state index in [0.717, 1.165) is 27.9 Å². The SMILES string of the molecule is CN(Cc1ccccc1)C(=O)[C@@H]1Cc2ccccc2CN1C(=O)[C@@H]1C[C@@H](O)CN1C(=O)[C@@H]1Cc2ccccc2N1. The second-order valence-electron chi connectivity index (χ2n) is 11.1. The lowest BCUT2D eigenvalue weighted by atomic mass is 9.92. The van der Waals surface area contributed by atoms with E-state index in [9.17, 15) is 19.5 Å². The molecule has 1 fully saturated rings. The van der Waals surface area contributed by atoms with Gasteiger partial charge in [0.25, 0.3) is 0 Å². The number of carbonyl (C=O) groups excluding carboxylic acids is 3. The normalized spacial score (nSPS) is 23.2. The zero-order valence-corrected chi connectivity index (χ0v) is 22.6. The summed E-state index contributed by atoms with van der Waals surface area (Å²) in [5, 5.41) is 13.9. The summed E-state index contributed by atoms with van der Waals surface area (Å²) >= 11 is 0. The number of carbonyl (C=O) groups is 3. The van der Waals surface area contributed by atoms with E-state index in [2.05, 4.69) is 5.32 Å². The van der Waals surface area contributed by atoms with Crippen molar-refractivity contribution in [2.75, 3.05) is 18.9 Å². The van der Waals surface area contributed by atoms with Crippen molar-refractivity contribution >= 4 is 23.4 Å². The Labute approximate surface area is 234 Å². The van der Waals surface area contributed by atoms with Crippen molar-refractivity contribution in [1.29, 1.82) is 0 Å². The molecule has 1 saturated heterocycles. The molecule has 3 aromatic carbocycles. The highest BCUT2D eigenvalue weighted by molar-refractivity contribution is 5.95. The van der Waals surface area contributed by atoms with Crippen molar-refractivity contribution in [3.63, 3.8) is 0 Å². The Morgan fingerprint density at radius 1 is 0.825 bits per heavy atom. The number of hydrogen-bond donors (Lipinski definition) is 2. The lowest BCUT2D eigenvalue weighted by Gasteiger charge is -2.40. The van der Waals surface area contributed by atoms with Gasteiger partial charge in [-0.3, -0.25) is 14.4 Å². The number of aliphatic hydroxyl groups is 1. The number of likely N-dealkylation sites (tertiary alicyclic amines) is 1. The molecule has 8 heteroatoms. The van der Waals surface area contributed by atoms with Crippen LogP contribution in [-0.4, -0.2) is 75.3 Å². The van der Waals surface area contributed by atoms with Crippen LogP contribution in [0.15, 0.2) is 78.9 Å². The van der Waals surface area contributed by atoms with Crippen molar-refractivity contribution < 1.29 is 19.5 Å². The fourth-order valence-corrected chi connectivity index (χ4v) is 6.29. The average molecular weight is 539 g/mol. The maximum atomic E-state index is 14.2. The van der Waals surface area contributed by atoms with Crippen LogP contribution in [0.25, 0.3) is 0 Å². The number of benzene rings is 3. The van der Waals surface area contributed by atoms with Crippen LogP contribution in [0.3, 0.4) is 0 Å². The lowest BCUT2D eigenvalue weighted by Crippen LogP contribution is -2.58. The predicted octanol–water partition coefficient (Wildman–Crippen LogP) is 2.60. The molecule has 2 N–H and O–H groups in total. The number of amides is 3. The zero-order chi connectivity index (χ0) is 27.8. The molecule has 3 aliphatic rings. The van der Waals surface area contributed by atoms with Crippen LogP contribution < -0.4 is 5.32 Å². The summed E-state index contributed by atoms with van der Waals surface area (Å²) in [6.45, 7) is 0.813. The largest absolute Gasteiger partial charge is 0.391 e. The van der Waals surface area contributed by atoms with Gasteiger partial charge in [-0.25, -0.2) is 0 Å². The number of nitrogens with one attached hydrogen (secondary N) is 1. The van der Waals surface area contributed by atoms with Crippen molar-refractivity contribution in [3.05, 3.63) is 101 Å². The van der Waals surface area contributed by atoms with Gasteiger partial charge in [-0.1, -0.05) is 72.8 Å². The molecule has 3 amide bonds. The van der Waals surface area contributed by atoms with E-state index in [0.29, 0.717) is 19.4 Å². The third-order valence-electron chi connectivity index (χ3n) is 8.37. The monoisotopic (exact) mass is 538 g/mol. The molecule has 4 atom stereocenters. The van der Waals surface area contributed by atoms with Crippen LogP contribution in [0, 0.1) is 0 Å². The molecule has 0 aromatic heterocycles. The fraction of sp³-hybridized carbons (Fsp3) is 0.344. The van der Waals surface area contributed by atoms with Crippen LogP contribution in [0.5, 0.6) is 0 Å². The molecule has 206 valence electrons. The number of rotatable bonds is 5. The number of nitrogens with zero attached hydrogens (tertiary/aromatic N) is 3. The molecule has 0 unspecified atom stereocenters. The number of aliphatic hydroxyl groups excluding tert-OH is 1. The predicted molar refractivity (Wildman–Crippen MR) is 151 cm³/mol. The van der Waals surface area contributed by atoms with Crippen LogP contribution in [0.1, 0.15) is 28.7 Å². The van der Waals surface area contributed by atoms with Crippen molar-refractivity contribution in [2.45, 2.75) is 56.6 Å². The van der Waals surface area contributed by atoms with Gasteiger partial charge in [0.2, 0.25) is 17.7 Å². The third kappa shape index (κ3) is 4.95. The molecule has 3 aromatic rings. The van der Waals surface area contributed by atoms with Crippen molar-refractivity contribution in [2.24, 2.45) is 0 Å². The van der Waals surface area contributed by atoms with Gasteiger partial charge in [0, 0.05) is 51.6 Å². The summed E-state index contributed by atoms with van der Waals surface area (Å²) in [5.41, 5.74) is 5.03. The van der Waals surface area contributed by atoms with E-state index in [-0.39, 0.29) is 37.2 Å². The molecule has 6 rings (SSSR count). The molecule has 3 aliphatic heterocycles. The molecule has 40 heavy (non-hydrogen) atoms. The summed E-state index contributed by atoms with van der Waals surface area (Å²) < 4.78 is 0. The van der Waals surface area contributed by atoms with E-state index in [1.165, 1.54) is 4.90 Å². The highest BCUT2D eigenvalue weighted by Gasteiger charge is 2.46. The molecule has 0 radical (unpaired) electrons. The number of hydrogen-bond acceptors (Lipinski definition) is 5. The van der Waals surface area contributed by atoms with Crippen LogP contribution in [0.4, 0.5) is 5.69 Å². The van der Waals surface area contributed by atoms with Crippen molar-refractivity contribution in [3.8, 4) is 0 Å². The third-order valence-corrected chi connectivity index (χ3v) is 8.37. The highest BCUT2D eigenvalue weighted by atomic mass is 16.3. The molecular formula is C32H34N4O4. The highest BCUT2D eigenvalue weighted by Crippen LogP contribution is 2.31. The fourth-order valence-electron chi connectivity index (χ4n) is 6.29. The molecule has 0 saturated carbocycles. The quantitative estimate of drug-likeness (QED) is 0.521. The Kier molecular flexibility index (Phi) is 7.02. The number of fused-ring (bicyclic) bond motifs is 2. The maximum absolute atomic E-state index is 14.2. The van der Waals surface area contributed by atoms with E-state index in [1.807, 2.05) is 78.9 Å². The molecule has 8 nitrogen and oxygen atoms in total. The van der Waals surface area contributed by atoms with Crippen LogP contribution in [0.2, 0.25) is 0 Å². The van der Waals surface area contributed by atoms with Crippen LogP contribution >= 0.6 is 0 Å². The van der Waals surface area contributed by atoms with Crippen LogP contribution in [-0.2, 0) is 40.3 Å². The van der Waals surface area contributed by atoms with E-state index >= 15 is 0 Å². The second-order valence-corrected chi connectivity index (χ2v) is 11.1. The summed E-state index contributed by atoms with van der Waals surface area (Å²) in [4.78, 5) is 46.6. The van der Waals surface area contributed by atoms with Gasteiger partial charge in [0.05, 0.1) is 6.10 Å². The van der Waals surface area contributed by atoms with Gasteiger partial charge >= 0.3 is 0 Å². The van der Waals surface area contributed by atoms with Gasteiger partial charge < -0.3 is 25.1 Å². The topological polar surface area (TPSA) is 93.2 Å². The molecule has 0 aliphatic carbocycles. The number of anilines is 1. The number of para-hydroxylation sites is 1. The minimum atomic E-state index is -0.826. The van der Waals surface area contributed by atoms with E-state index in [1.54, 1.807) is 16.8 Å². The van der Waals surface area contributed by atoms with Gasteiger partial charge in [-0.2, -0.15) is 0 Å². The summed E-state index contributed by atoms with van der Waals surface area (Å²) in [5.74, 6) is -0.634.